The van der Waals surface area contributed by atoms with Crippen LogP contribution in [0.3, 0.4) is 0 Å². The number of rotatable bonds is 22. The van der Waals surface area contributed by atoms with Crippen molar-refractivity contribution in [2.45, 2.75) is 137 Å². The Hall–Kier alpha value is -5.35. The van der Waals surface area contributed by atoms with E-state index in [1.54, 1.807) is 65.1 Å². The van der Waals surface area contributed by atoms with E-state index in [1.165, 1.54) is 12.5 Å². The molecule has 0 radical (unpaired) electrons. The van der Waals surface area contributed by atoms with Crippen LogP contribution in [0.4, 0.5) is 4.79 Å². The first kappa shape index (κ1) is 49.0. The van der Waals surface area contributed by atoms with E-state index in [1.807, 2.05) is 52.0 Å². The van der Waals surface area contributed by atoms with Crippen molar-refractivity contribution in [2.75, 3.05) is 0 Å². The highest BCUT2D eigenvalue weighted by atomic mass is 16.6. The van der Waals surface area contributed by atoms with Crippen LogP contribution in [-0.4, -0.2) is 96.9 Å². The van der Waals surface area contributed by atoms with E-state index in [0.29, 0.717) is 17.8 Å². The van der Waals surface area contributed by atoms with Crippen molar-refractivity contribution in [1.29, 1.82) is 0 Å². The highest BCUT2D eigenvalue weighted by molar-refractivity contribution is 5.92. The van der Waals surface area contributed by atoms with Crippen molar-refractivity contribution in [1.82, 2.24) is 41.5 Å². The monoisotopic (exact) mass is 835 g/mol. The fourth-order valence-electron chi connectivity index (χ4n) is 6.73. The fourth-order valence-corrected chi connectivity index (χ4v) is 6.73. The van der Waals surface area contributed by atoms with E-state index in [9.17, 15) is 34.2 Å². The number of benzene rings is 1. The fraction of sp³-hybridized carbons (Fsp3) is 0.568. The number of pyridine rings is 1. The third-order valence-corrected chi connectivity index (χ3v) is 10.1. The number of carbonyl (C=O) groups excluding carboxylic acids is 5. The molecule has 5 amide bonds. The number of imidazole rings is 1. The van der Waals surface area contributed by atoms with Gasteiger partial charge in [-0.3, -0.25) is 24.2 Å². The van der Waals surface area contributed by atoms with Crippen molar-refractivity contribution in [3.8, 4) is 0 Å². The van der Waals surface area contributed by atoms with Gasteiger partial charge in [0.15, 0.2) is 0 Å². The van der Waals surface area contributed by atoms with Crippen LogP contribution in [0.1, 0.15) is 92.1 Å². The maximum atomic E-state index is 14.3. The highest BCUT2D eigenvalue weighted by Crippen LogP contribution is 2.24. The number of nitrogens with zero attached hydrogens (tertiary/aromatic N) is 2. The Morgan fingerprint density at radius 1 is 0.783 bits per heavy atom. The SMILES string of the molecule is CC[C@H](C)[C@H](NC(=O)[C@H](C(C)C)[C@H](O)[C@H](O)[C@H](CC(C)C)NC(=O)[C@H](Cc1cnc[nH]1)NC(=O)[C@H](Cc1ccccc1)NC(=O)OC(C)(C)C)C(=O)NCc1ccccn1. The Balaban J connectivity index is 1.86. The van der Waals surface area contributed by atoms with E-state index >= 15 is 0 Å². The van der Waals surface area contributed by atoms with Gasteiger partial charge in [0.1, 0.15) is 29.8 Å². The molecular formula is C44H66N8O8. The van der Waals surface area contributed by atoms with Gasteiger partial charge in [0, 0.05) is 30.9 Å². The Morgan fingerprint density at radius 3 is 2.00 bits per heavy atom. The number of nitrogens with one attached hydrogen (secondary N) is 6. The molecule has 60 heavy (non-hydrogen) atoms. The van der Waals surface area contributed by atoms with Crippen molar-refractivity contribution in [3.63, 3.8) is 0 Å². The van der Waals surface area contributed by atoms with Crippen molar-refractivity contribution < 1.29 is 38.9 Å². The number of aliphatic hydroxyl groups is 2. The number of ether oxygens (including phenoxy) is 1. The molecule has 0 aliphatic carbocycles. The molecule has 3 rings (SSSR count). The van der Waals surface area contributed by atoms with Gasteiger partial charge in [0.05, 0.1) is 36.6 Å². The molecule has 8 atom stereocenters. The van der Waals surface area contributed by atoms with E-state index in [4.69, 9.17) is 4.74 Å². The first-order valence-electron chi connectivity index (χ1n) is 20.7. The Bertz CT molecular complexity index is 1790. The molecule has 2 heterocycles. The third-order valence-electron chi connectivity index (χ3n) is 10.1. The number of aromatic nitrogens is 3. The molecule has 0 saturated heterocycles. The van der Waals surface area contributed by atoms with Crippen LogP contribution in [-0.2, 0) is 43.3 Å². The van der Waals surface area contributed by atoms with Crippen LogP contribution >= 0.6 is 0 Å². The molecule has 0 unspecified atom stereocenters. The number of alkyl carbamates (subject to hydrolysis) is 1. The van der Waals surface area contributed by atoms with Gasteiger partial charge in [-0.1, -0.05) is 84.4 Å². The first-order valence-corrected chi connectivity index (χ1v) is 20.7. The summed E-state index contributed by atoms with van der Waals surface area (Å²) in [5.74, 6) is -4.42. The summed E-state index contributed by atoms with van der Waals surface area (Å²) in [6.07, 6.45) is 1.26. The molecule has 16 heteroatoms. The lowest BCUT2D eigenvalue weighted by atomic mass is 9.82. The Morgan fingerprint density at radius 2 is 1.43 bits per heavy atom. The van der Waals surface area contributed by atoms with Crippen molar-refractivity contribution >= 4 is 29.7 Å². The second-order valence-electron chi connectivity index (χ2n) is 17.1. The predicted octanol–water partition coefficient (Wildman–Crippen LogP) is 3.34. The van der Waals surface area contributed by atoms with Gasteiger partial charge in [-0.15, -0.1) is 0 Å². The molecule has 0 aliphatic rings. The summed E-state index contributed by atoms with van der Waals surface area (Å²) < 4.78 is 5.44. The summed E-state index contributed by atoms with van der Waals surface area (Å²) in [7, 11) is 0. The molecular weight excluding hydrogens is 769 g/mol. The smallest absolute Gasteiger partial charge is 0.408 e. The number of aromatic amines is 1. The number of H-pyrrole nitrogens is 1. The lowest BCUT2D eigenvalue weighted by Gasteiger charge is -2.36. The summed E-state index contributed by atoms with van der Waals surface area (Å²) in [5.41, 5.74) is 1.08. The lowest BCUT2D eigenvalue weighted by Crippen LogP contribution is -2.60. The predicted molar refractivity (Wildman–Crippen MR) is 227 cm³/mol. The standard InChI is InChI=1S/C44H66N8O8/c1-10-28(6)36(42(58)47-24-30-18-14-15-19-46-30)52-41(57)35(27(4)5)38(54)37(53)32(20-26(2)3)49-40(56)34(22-31-23-45-25-48-31)50-39(55)33(21-29-16-12-11-13-17-29)51-43(59)60-44(7,8)9/h11-19,23,25-28,32-38,53-54H,10,20-22,24H2,1-9H3,(H,45,48)(H,47,58)(H,49,56)(H,50,55)(H,51,59)(H,52,57)/t28-,32-,33-,34-,35+,36-,37+,38-/m0/s1. The zero-order valence-electron chi connectivity index (χ0n) is 36.4. The van der Waals surface area contributed by atoms with Crippen LogP contribution < -0.4 is 26.6 Å². The summed E-state index contributed by atoms with van der Waals surface area (Å²) >= 11 is 0. The largest absolute Gasteiger partial charge is 0.444 e. The van der Waals surface area contributed by atoms with E-state index in [-0.39, 0.29) is 37.6 Å². The van der Waals surface area contributed by atoms with Gasteiger partial charge < -0.3 is 46.5 Å². The molecule has 16 nitrogen and oxygen atoms in total. The van der Waals surface area contributed by atoms with Crippen LogP contribution in [0.15, 0.2) is 67.3 Å². The highest BCUT2D eigenvalue weighted by Gasteiger charge is 2.41. The first-order chi connectivity index (χ1) is 28.3. The second kappa shape index (κ2) is 23.4. The molecule has 0 fully saturated rings. The summed E-state index contributed by atoms with van der Waals surface area (Å²) in [4.78, 5) is 79.8. The minimum Gasteiger partial charge on any atom is -0.444 e. The zero-order chi connectivity index (χ0) is 44.6. The molecule has 330 valence electrons. The van der Waals surface area contributed by atoms with Gasteiger partial charge in [-0.25, -0.2) is 9.78 Å². The number of hydrogen-bond acceptors (Lipinski definition) is 10. The Kier molecular flexibility index (Phi) is 19.2. The van der Waals surface area contributed by atoms with Crippen molar-refractivity contribution in [2.24, 2.45) is 23.7 Å². The van der Waals surface area contributed by atoms with Gasteiger partial charge in [0.25, 0.3) is 0 Å². The Labute approximate surface area is 353 Å². The van der Waals surface area contributed by atoms with Crippen LogP contribution in [0, 0.1) is 23.7 Å². The van der Waals surface area contributed by atoms with E-state index in [0.717, 1.165) is 5.56 Å². The van der Waals surface area contributed by atoms with Gasteiger partial charge in [-0.2, -0.15) is 0 Å². The van der Waals surface area contributed by atoms with E-state index in [2.05, 4.69) is 41.5 Å². The number of carbonyl (C=O) groups is 5. The number of hydrogen-bond donors (Lipinski definition) is 8. The molecule has 0 saturated carbocycles. The maximum absolute atomic E-state index is 14.3. The van der Waals surface area contributed by atoms with Crippen LogP contribution in [0.25, 0.3) is 0 Å². The molecule has 8 N–H and O–H groups in total. The van der Waals surface area contributed by atoms with Gasteiger partial charge >= 0.3 is 6.09 Å². The van der Waals surface area contributed by atoms with Crippen LogP contribution in [0.5, 0.6) is 0 Å². The molecule has 0 bridgehead atoms. The summed E-state index contributed by atoms with van der Waals surface area (Å²) in [6.45, 7) is 16.2. The van der Waals surface area contributed by atoms with E-state index < -0.39 is 83.5 Å². The summed E-state index contributed by atoms with van der Waals surface area (Å²) in [6, 6.07) is 10.0. The zero-order valence-corrected chi connectivity index (χ0v) is 36.4. The molecule has 0 spiro atoms. The number of amides is 5. The quantitative estimate of drug-likeness (QED) is 0.0735. The minimum absolute atomic E-state index is 0.0362. The summed E-state index contributed by atoms with van der Waals surface area (Å²) in [5, 5.41) is 37.5. The molecule has 1 aromatic carbocycles. The third kappa shape index (κ3) is 16.0. The lowest BCUT2D eigenvalue weighted by molar-refractivity contribution is -0.141. The number of aliphatic hydroxyl groups excluding tert-OH is 2. The van der Waals surface area contributed by atoms with Crippen molar-refractivity contribution in [3.05, 3.63) is 84.2 Å². The molecule has 0 aliphatic heterocycles. The topological polar surface area (TPSA) is 237 Å². The minimum atomic E-state index is -1.67. The van der Waals surface area contributed by atoms with Crippen LogP contribution in [0.2, 0.25) is 0 Å². The second-order valence-corrected chi connectivity index (χ2v) is 17.1. The van der Waals surface area contributed by atoms with Gasteiger partial charge in [0.2, 0.25) is 23.6 Å². The average molecular weight is 835 g/mol. The maximum Gasteiger partial charge on any atom is 0.408 e. The molecule has 3 aromatic rings. The molecule has 2 aromatic heterocycles. The average Bonchev–Trinajstić information content (AvgIpc) is 3.70. The normalized spacial score (nSPS) is 15.7. The van der Waals surface area contributed by atoms with Gasteiger partial charge in [-0.05, 0) is 62.6 Å².